The van der Waals surface area contributed by atoms with Gasteiger partial charge in [0.05, 0.1) is 17.1 Å². The molecular weight excluding hydrogens is 663 g/mol. The second kappa shape index (κ2) is 13.1. The minimum Gasteiger partial charge on any atom is -0.256 e. The van der Waals surface area contributed by atoms with Gasteiger partial charge in [-0.3, -0.25) is 4.98 Å². The Kier molecular flexibility index (Phi) is 7.67. The Morgan fingerprint density at radius 2 is 0.962 bits per heavy atom. The molecule has 0 fully saturated rings. The van der Waals surface area contributed by atoms with Crippen LogP contribution in [0.1, 0.15) is 0 Å². The summed E-state index contributed by atoms with van der Waals surface area (Å²) >= 11 is 1.86. The first-order chi connectivity index (χ1) is 26.3. The molecule has 3 aromatic heterocycles. The smallest absolute Gasteiger partial charge is 0.160 e. The summed E-state index contributed by atoms with van der Waals surface area (Å²) in [4.78, 5) is 15.2. The van der Waals surface area contributed by atoms with Crippen molar-refractivity contribution < 1.29 is 0 Å². The highest BCUT2D eigenvalue weighted by molar-refractivity contribution is 7.26. The monoisotopic (exact) mass is 693 g/mol. The molecule has 4 heteroatoms. The molecule has 10 aromatic rings. The zero-order valence-corrected chi connectivity index (χ0v) is 29.5. The summed E-state index contributed by atoms with van der Waals surface area (Å²) in [5.41, 5.74) is 11.3. The number of fused-ring (bicyclic) bond motifs is 4. The highest BCUT2D eigenvalue weighted by Gasteiger charge is 2.18. The minimum atomic E-state index is 0.678. The molecule has 0 saturated heterocycles. The van der Waals surface area contributed by atoms with Gasteiger partial charge >= 0.3 is 0 Å². The highest BCUT2D eigenvalue weighted by atomic mass is 32.1. The largest absolute Gasteiger partial charge is 0.256 e. The van der Waals surface area contributed by atoms with Crippen molar-refractivity contribution in [3.63, 3.8) is 0 Å². The van der Waals surface area contributed by atoms with E-state index in [9.17, 15) is 0 Å². The van der Waals surface area contributed by atoms with Gasteiger partial charge in [0.25, 0.3) is 0 Å². The van der Waals surface area contributed by atoms with E-state index in [1.807, 2.05) is 53.9 Å². The van der Waals surface area contributed by atoms with E-state index in [0.29, 0.717) is 5.82 Å². The predicted octanol–water partition coefficient (Wildman–Crippen LogP) is 13.4. The number of benzene rings is 7. The fourth-order valence-corrected chi connectivity index (χ4v) is 8.68. The molecule has 10 rings (SSSR count). The van der Waals surface area contributed by atoms with Crippen LogP contribution in [0, 0.1) is 0 Å². The van der Waals surface area contributed by atoms with Gasteiger partial charge in [0.1, 0.15) is 0 Å². The zero-order chi connectivity index (χ0) is 35.1. The fourth-order valence-electron chi connectivity index (χ4n) is 7.44. The predicted molar refractivity (Wildman–Crippen MR) is 223 cm³/mol. The number of aromatic nitrogens is 3. The molecule has 53 heavy (non-hydrogen) atoms. The van der Waals surface area contributed by atoms with Gasteiger partial charge in [-0.15, -0.1) is 11.3 Å². The molecule has 0 amide bonds. The molecule has 3 nitrogen and oxygen atoms in total. The second-order valence-corrected chi connectivity index (χ2v) is 14.2. The molecule has 0 aliphatic carbocycles. The zero-order valence-electron chi connectivity index (χ0n) is 28.6. The minimum absolute atomic E-state index is 0.678. The molecular formula is C49H31N3S. The average molecular weight is 694 g/mol. The Labute approximate surface area is 311 Å². The summed E-state index contributed by atoms with van der Waals surface area (Å²) in [6, 6.07) is 64.3. The van der Waals surface area contributed by atoms with Crippen LogP contribution in [0.15, 0.2) is 188 Å². The molecule has 0 spiro atoms. The van der Waals surface area contributed by atoms with E-state index >= 15 is 0 Å². The topological polar surface area (TPSA) is 38.7 Å². The van der Waals surface area contributed by atoms with Gasteiger partial charge in [0.2, 0.25) is 0 Å². The molecule has 0 aliphatic rings. The number of thiophene rings is 1. The lowest BCUT2D eigenvalue weighted by Crippen LogP contribution is -1.98. The number of hydrogen-bond donors (Lipinski definition) is 0. The van der Waals surface area contributed by atoms with Gasteiger partial charge < -0.3 is 0 Å². The van der Waals surface area contributed by atoms with E-state index in [-0.39, 0.29) is 0 Å². The van der Waals surface area contributed by atoms with Crippen LogP contribution in [0.25, 0.3) is 98.4 Å². The SMILES string of the molecule is c1ccc(-c2nc(-c3cc(-c4cccc5ccccc45)cc(-c4cccc5c4sc4ccccc45)c3)cc(-c3ccccc3-c3ccccn3)n2)cc1. The van der Waals surface area contributed by atoms with E-state index in [1.165, 1.54) is 42.1 Å². The van der Waals surface area contributed by atoms with Crippen molar-refractivity contribution in [2.45, 2.75) is 0 Å². The normalized spacial score (nSPS) is 11.4. The lowest BCUT2D eigenvalue weighted by molar-refractivity contribution is 1.18. The number of hydrogen-bond acceptors (Lipinski definition) is 4. The highest BCUT2D eigenvalue weighted by Crippen LogP contribution is 2.43. The number of pyridine rings is 1. The molecule has 0 saturated carbocycles. The summed E-state index contributed by atoms with van der Waals surface area (Å²) in [5.74, 6) is 0.678. The first kappa shape index (κ1) is 31.0. The maximum Gasteiger partial charge on any atom is 0.160 e. The van der Waals surface area contributed by atoms with E-state index in [4.69, 9.17) is 15.0 Å². The van der Waals surface area contributed by atoms with Crippen LogP contribution in [-0.2, 0) is 0 Å². The number of rotatable bonds is 6. The summed E-state index contributed by atoms with van der Waals surface area (Å²) in [6.45, 7) is 0. The van der Waals surface area contributed by atoms with Gasteiger partial charge in [0, 0.05) is 48.6 Å². The van der Waals surface area contributed by atoms with Crippen LogP contribution in [-0.4, -0.2) is 15.0 Å². The third kappa shape index (κ3) is 5.66. The van der Waals surface area contributed by atoms with E-state index in [0.717, 1.165) is 50.5 Å². The molecule has 0 atom stereocenters. The van der Waals surface area contributed by atoms with Crippen molar-refractivity contribution in [3.05, 3.63) is 188 Å². The Morgan fingerprint density at radius 3 is 1.81 bits per heavy atom. The molecule has 0 N–H and O–H groups in total. The maximum absolute atomic E-state index is 5.31. The third-order valence-electron chi connectivity index (χ3n) is 9.95. The van der Waals surface area contributed by atoms with E-state index < -0.39 is 0 Å². The van der Waals surface area contributed by atoms with Crippen LogP contribution in [0.5, 0.6) is 0 Å². The van der Waals surface area contributed by atoms with E-state index in [2.05, 4.69) is 146 Å². The van der Waals surface area contributed by atoms with Crippen molar-refractivity contribution >= 4 is 42.3 Å². The fraction of sp³-hybridized carbons (Fsp3) is 0. The van der Waals surface area contributed by atoms with Gasteiger partial charge in [-0.05, 0) is 75.5 Å². The molecule has 0 bridgehead atoms. The number of nitrogens with zero attached hydrogens (tertiary/aromatic N) is 3. The van der Waals surface area contributed by atoms with Crippen LogP contribution in [0.4, 0.5) is 0 Å². The van der Waals surface area contributed by atoms with Gasteiger partial charge in [-0.1, -0.05) is 140 Å². The summed E-state index contributed by atoms with van der Waals surface area (Å²) < 4.78 is 2.58. The van der Waals surface area contributed by atoms with Crippen LogP contribution < -0.4 is 0 Å². The lowest BCUT2D eigenvalue weighted by Gasteiger charge is -2.15. The van der Waals surface area contributed by atoms with Gasteiger partial charge in [0.15, 0.2) is 5.82 Å². The Morgan fingerprint density at radius 1 is 0.358 bits per heavy atom. The van der Waals surface area contributed by atoms with Crippen molar-refractivity contribution in [3.8, 4) is 67.4 Å². The summed E-state index contributed by atoms with van der Waals surface area (Å²) in [6.07, 6.45) is 1.84. The summed E-state index contributed by atoms with van der Waals surface area (Å²) in [7, 11) is 0. The van der Waals surface area contributed by atoms with Crippen LogP contribution >= 0.6 is 11.3 Å². The maximum atomic E-state index is 5.31. The standard InChI is InChI=1S/C49H31N3S/c1-2-15-33(16-3-1)49-51-45(31-46(52-49)41-20-7-6-19-40(41)44-25-10-11-27-50-44)36-29-34(38-22-12-17-32-14-4-5-18-37(32)38)28-35(30-36)39-23-13-24-43-42-21-8-9-26-47(42)53-48(39)43/h1-31H. The Bertz CT molecular complexity index is 2940. The van der Waals surface area contributed by atoms with Crippen molar-refractivity contribution in [1.29, 1.82) is 0 Å². The third-order valence-corrected chi connectivity index (χ3v) is 11.2. The molecule has 0 radical (unpaired) electrons. The molecule has 7 aromatic carbocycles. The Hall–Kier alpha value is -6.75. The van der Waals surface area contributed by atoms with Crippen LogP contribution in [0.3, 0.4) is 0 Å². The molecule has 0 unspecified atom stereocenters. The molecule has 0 aliphatic heterocycles. The molecule has 3 heterocycles. The first-order valence-corrected chi connectivity index (χ1v) is 18.6. The lowest BCUT2D eigenvalue weighted by atomic mass is 9.91. The van der Waals surface area contributed by atoms with Gasteiger partial charge in [-0.2, -0.15) is 0 Å². The van der Waals surface area contributed by atoms with E-state index in [1.54, 1.807) is 0 Å². The summed E-state index contributed by atoms with van der Waals surface area (Å²) in [5, 5.41) is 5.00. The van der Waals surface area contributed by atoms with Crippen molar-refractivity contribution in [1.82, 2.24) is 15.0 Å². The van der Waals surface area contributed by atoms with Gasteiger partial charge in [-0.25, -0.2) is 9.97 Å². The quantitative estimate of drug-likeness (QED) is 0.174. The van der Waals surface area contributed by atoms with Crippen molar-refractivity contribution in [2.75, 3.05) is 0 Å². The first-order valence-electron chi connectivity index (χ1n) is 17.8. The van der Waals surface area contributed by atoms with Crippen LogP contribution in [0.2, 0.25) is 0 Å². The van der Waals surface area contributed by atoms with Crippen molar-refractivity contribution in [2.24, 2.45) is 0 Å². The Balaban J connectivity index is 1.25. The molecule has 248 valence electrons. The average Bonchev–Trinajstić information content (AvgIpc) is 3.63. The second-order valence-electron chi connectivity index (χ2n) is 13.2.